The highest BCUT2D eigenvalue weighted by Gasteiger charge is 2.31. The van der Waals surface area contributed by atoms with E-state index in [0.29, 0.717) is 5.01 Å². The quantitative estimate of drug-likeness (QED) is 0.510. The molecule has 12 heteroatoms. The fourth-order valence-electron chi connectivity index (χ4n) is 0.993. The Morgan fingerprint density at radius 1 is 1.29 bits per heavy atom. The lowest BCUT2D eigenvalue weighted by molar-refractivity contribution is -0.656. The van der Waals surface area contributed by atoms with E-state index in [2.05, 4.69) is 5.10 Å². The van der Waals surface area contributed by atoms with E-state index in [4.69, 9.17) is 0 Å². The third-order valence-electron chi connectivity index (χ3n) is 1.72. The predicted molar refractivity (Wildman–Crippen MR) is 50.3 cm³/mol. The van der Waals surface area contributed by atoms with Crippen molar-refractivity contribution >= 4 is 11.5 Å². The van der Waals surface area contributed by atoms with E-state index in [1.54, 1.807) is 0 Å². The third kappa shape index (κ3) is 2.61. The van der Waals surface area contributed by atoms with Gasteiger partial charge in [0.1, 0.15) is 6.20 Å². The summed E-state index contributed by atoms with van der Waals surface area (Å²) in [5.74, 6) is -0.952. The molecule has 0 atom stereocenters. The summed E-state index contributed by atoms with van der Waals surface area (Å²) in [6, 6.07) is 0. The molecule has 1 rings (SSSR count). The number of hydrogen-bond acceptors (Lipinski definition) is 7. The fraction of sp³-hybridized carbons (Fsp3) is 0.400. The standard InChI is InChI=1S/C5H6N6O6/c1-7(11(16)17)3-8-2-4(9(12)13)5(6-8)10(14)15/h2H,3H2,1H3. The minimum absolute atomic E-state index is 0.443. The first-order valence-electron chi connectivity index (χ1n) is 4.04. The molecule has 0 bridgehead atoms. The normalized spacial score (nSPS) is 9.94. The molecule has 0 aliphatic carbocycles. The van der Waals surface area contributed by atoms with Gasteiger partial charge in [-0.05, 0) is 4.92 Å². The molecule has 0 saturated carbocycles. The third-order valence-corrected chi connectivity index (χ3v) is 1.72. The Balaban J connectivity index is 3.04. The van der Waals surface area contributed by atoms with Crippen LogP contribution in [0.15, 0.2) is 6.20 Å². The van der Waals surface area contributed by atoms with Gasteiger partial charge in [-0.15, -0.1) is 9.69 Å². The van der Waals surface area contributed by atoms with Crippen LogP contribution in [0.25, 0.3) is 0 Å². The highest BCUT2D eigenvalue weighted by Crippen LogP contribution is 2.23. The van der Waals surface area contributed by atoms with E-state index < -0.39 is 33.1 Å². The fourth-order valence-corrected chi connectivity index (χ4v) is 0.993. The largest absolute Gasteiger partial charge is 0.467 e. The highest BCUT2D eigenvalue weighted by molar-refractivity contribution is 5.44. The van der Waals surface area contributed by atoms with Crippen molar-refractivity contribution in [3.05, 3.63) is 36.5 Å². The lowest BCUT2D eigenvalue weighted by Crippen LogP contribution is -2.28. The topological polar surface area (TPSA) is 150 Å². The molecule has 0 radical (unpaired) electrons. The number of nitrogens with zero attached hydrogens (tertiary/aromatic N) is 6. The van der Waals surface area contributed by atoms with Crippen molar-refractivity contribution in [1.82, 2.24) is 14.8 Å². The zero-order chi connectivity index (χ0) is 13.2. The summed E-state index contributed by atoms with van der Waals surface area (Å²) in [6.45, 7) is -0.443. The van der Waals surface area contributed by atoms with Crippen LogP contribution in [-0.2, 0) is 6.67 Å². The second kappa shape index (κ2) is 4.38. The predicted octanol–water partition coefficient (Wildman–Crippen LogP) is -0.220. The Kier molecular flexibility index (Phi) is 3.16. The van der Waals surface area contributed by atoms with Crippen molar-refractivity contribution < 1.29 is 14.9 Å². The highest BCUT2D eigenvalue weighted by atomic mass is 16.7. The molecule has 12 nitrogen and oxygen atoms in total. The molecule has 0 saturated heterocycles. The molecule has 0 aliphatic rings. The van der Waals surface area contributed by atoms with E-state index in [1.807, 2.05) is 0 Å². The van der Waals surface area contributed by atoms with Crippen LogP contribution < -0.4 is 0 Å². The van der Waals surface area contributed by atoms with Gasteiger partial charge in [0.15, 0.2) is 11.7 Å². The van der Waals surface area contributed by atoms with Crippen LogP contribution in [-0.4, -0.2) is 36.7 Å². The molecule has 0 aliphatic heterocycles. The van der Waals surface area contributed by atoms with Crippen molar-refractivity contribution in [3.63, 3.8) is 0 Å². The molecule has 0 aromatic carbocycles. The zero-order valence-corrected chi connectivity index (χ0v) is 8.42. The molecule has 0 spiro atoms. The van der Waals surface area contributed by atoms with Gasteiger partial charge in [0.2, 0.25) is 0 Å². The first-order valence-corrected chi connectivity index (χ1v) is 4.04. The van der Waals surface area contributed by atoms with Crippen LogP contribution in [0.2, 0.25) is 0 Å². The van der Waals surface area contributed by atoms with E-state index in [0.717, 1.165) is 17.9 Å². The average molecular weight is 246 g/mol. The molecular weight excluding hydrogens is 240 g/mol. The van der Waals surface area contributed by atoms with Crippen LogP contribution >= 0.6 is 0 Å². The maximum absolute atomic E-state index is 10.5. The monoisotopic (exact) mass is 246 g/mol. The Morgan fingerprint density at radius 2 is 1.88 bits per heavy atom. The van der Waals surface area contributed by atoms with Gasteiger partial charge >= 0.3 is 11.5 Å². The molecule has 1 heterocycles. The van der Waals surface area contributed by atoms with E-state index in [-0.39, 0.29) is 0 Å². The Morgan fingerprint density at radius 3 is 2.24 bits per heavy atom. The Bertz CT molecular complexity index is 450. The van der Waals surface area contributed by atoms with Gasteiger partial charge < -0.3 is 10.1 Å². The van der Waals surface area contributed by atoms with Gasteiger partial charge in [-0.2, -0.15) is 0 Å². The van der Waals surface area contributed by atoms with Crippen LogP contribution in [0, 0.1) is 30.3 Å². The first-order chi connectivity index (χ1) is 7.82. The molecule has 0 fully saturated rings. The van der Waals surface area contributed by atoms with Crippen LogP contribution in [0.4, 0.5) is 11.5 Å². The van der Waals surface area contributed by atoms with Crippen LogP contribution in [0.5, 0.6) is 0 Å². The van der Waals surface area contributed by atoms with E-state index >= 15 is 0 Å². The smallest absolute Gasteiger partial charge is 0.358 e. The molecule has 0 N–H and O–H groups in total. The van der Waals surface area contributed by atoms with Crippen molar-refractivity contribution in [2.24, 2.45) is 0 Å². The SMILES string of the molecule is CN(Cn1cc([N+](=O)[O-])c([N+](=O)[O-])n1)[N+](=O)[O-]. The molecule has 1 aromatic heterocycles. The van der Waals surface area contributed by atoms with Gasteiger partial charge in [-0.25, -0.2) is 10.1 Å². The molecule has 0 amide bonds. The van der Waals surface area contributed by atoms with Crippen molar-refractivity contribution in [3.8, 4) is 0 Å². The van der Waals surface area contributed by atoms with Gasteiger partial charge in [-0.3, -0.25) is 10.1 Å². The lowest BCUT2D eigenvalue weighted by atomic mass is 10.5. The zero-order valence-electron chi connectivity index (χ0n) is 8.42. The molecule has 1 aromatic rings. The maximum Gasteiger partial charge on any atom is 0.467 e. The van der Waals surface area contributed by atoms with Crippen LogP contribution in [0.3, 0.4) is 0 Å². The van der Waals surface area contributed by atoms with E-state index in [9.17, 15) is 30.3 Å². The van der Waals surface area contributed by atoms with Gasteiger partial charge in [-0.1, -0.05) is 0 Å². The summed E-state index contributed by atoms with van der Waals surface area (Å²) in [7, 11) is 1.10. The number of aromatic nitrogens is 2. The van der Waals surface area contributed by atoms with Crippen molar-refractivity contribution in [1.29, 1.82) is 0 Å². The molecule has 0 unspecified atom stereocenters. The molecule has 92 valence electrons. The number of nitro groups is 3. The van der Waals surface area contributed by atoms with Gasteiger partial charge in [0.25, 0.3) is 0 Å². The van der Waals surface area contributed by atoms with Crippen molar-refractivity contribution in [2.45, 2.75) is 6.67 Å². The van der Waals surface area contributed by atoms with Gasteiger partial charge in [0, 0.05) is 0 Å². The van der Waals surface area contributed by atoms with Crippen molar-refractivity contribution in [2.75, 3.05) is 7.05 Å². The van der Waals surface area contributed by atoms with Gasteiger partial charge in [0.05, 0.1) is 17.1 Å². The Labute approximate surface area is 92.5 Å². The summed E-state index contributed by atoms with van der Waals surface area (Å²) < 4.78 is 0.749. The second-order valence-corrected chi connectivity index (χ2v) is 2.93. The Hall–Kier alpha value is -2.79. The summed E-state index contributed by atoms with van der Waals surface area (Å²) in [4.78, 5) is 29.2. The first kappa shape index (κ1) is 12.3. The number of hydrogen-bond donors (Lipinski definition) is 0. The summed E-state index contributed by atoms with van der Waals surface area (Å²) in [5, 5.41) is 34.3. The maximum atomic E-state index is 10.5. The second-order valence-electron chi connectivity index (χ2n) is 2.93. The summed E-state index contributed by atoms with van der Waals surface area (Å²) >= 11 is 0. The lowest BCUT2D eigenvalue weighted by Gasteiger charge is -2.04. The van der Waals surface area contributed by atoms with E-state index in [1.165, 1.54) is 0 Å². The minimum atomic E-state index is -1.03. The molecule has 17 heavy (non-hydrogen) atoms. The minimum Gasteiger partial charge on any atom is -0.358 e. The average Bonchev–Trinajstić information content (AvgIpc) is 2.61. The number of rotatable bonds is 5. The molecular formula is C5H6N6O6. The van der Waals surface area contributed by atoms with Crippen LogP contribution in [0.1, 0.15) is 0 Å². The summed E-state index contributed by atoms with van der Waals surface area (Å²) in [6.07, 6.45) is 0.762. The summed E-state index contributed by atoms with van der Waals surface area (Å²) in [5.41, 5.74) is -0.813. The number of hydrazine groups is 1.